The second-order valence-corrected chi connectivity index (χ2v) is 4.18. The van der Waals surface area contributed by atoms with Gasteiger partial charge in [-0.25, -0.2) is 13.8 Å². The van der Waals surface area contributed by atoms with Crippen molar-refractivity contribution >= 4 is 5.82 Å². The van der Waals surface area contributed by atoms with Crippen LogP contribution in [-0.2, 0) is 0 Å². The fourth-order valence-electron chi connectivity index (χ4n) is 1.98. The van der Waals surface area contributed by atoms with Gasteiger partial charge in [-0.3, -0.25) is 4.98 Å². The maximum atomic E-state index is 12.5. The second kappa shape index (κ2) is 4.72. The van der Waals surface area contributed by atoms with Crippen molar-refractivity contribution in [3.8, 4) is 0 Å². The zero-order chi connectivity index (χ0) is 11.5. The molecule has 5 heteroatoms. The Morgan fingerprint density at radius 1 is 1.31 bits per heavy atom. The van der Waals surface area contributed by atoms with Crippen LogP contribution in [0, 0.1) is 12.8 Å². The average Bonchev–Trinajstić information content (AvgIpc) is 2.29. The van der Waals surface area contributed by atoms with Crippen molar-refractivity contribution in [3.63, 3.8) is 0 Å². The van der Waals surface area contributed by atoms with Crippen LogP contribution < -0.4 is 4.90 Å². The zero-order valence-electron chi connectivity index (χ0n) is 9.24. The molecule has 1 fully saturated rings. The number of piperidine rings is 1. The van der Waals surface area contributed by atoms with Crippen LogP contribution in [0.3, 0.4) is 0 Å². The summed E-state index contributed by atoms with van der Waals surface area (Å²) < 4.78 is 24.9. The summed E-state index contributed by atoms with van der Waals surface area (Å²) >= 11 is 0. The minimum Gasteiger partial charge on any atom is -0.355 e. The number of anilines is 1. The fraction of sp³-hybridized carbons (Fsp3) is 0.636. The molecule has 0 N–H and O–H groups in total. The Morgan fingerprint density at radius 2 is 2.00 bits per heavy atom. The van der Waals surface area contributed by atoms with Crippen LogP contribution in [0.15, 0.2) is 12.4 Å². The zero-order valence-corrected chi connectivity index (χ0v) is 9.24. The predicted molar refractivity (Wildman–Crippen MR) is 57.7 cm³/mol. The van der Waals surface area contributed by atoms with Gasteiger partial charge in [0.1, 0.15) is 5.82 Å². The number of halogens is 2. The Hall–Kier alpha value is -1.26. The van der Waals surface area contributed by atoms with Crippen molar-refractivity contribution < 1.29 is 8.78 Å². The first-order valence-electron chi connectivity index (χ1n) is 5.48. The first kappa shape index (κ1) is 11.2. The molecule has 1 aliphatic rings. The standard InChI is InChI=1S/C11H15F2N3/c1-8-6-14-7-10(15-8)16-4-2-9(3-5-16)11(12)13/h6-7,9,11H,2-5H2,1H3. The van der Waals surface area contributed by atoms with E-state index in [4.69, 9.17) is 0 Å². The molecular formula is C11H15F2N3. The highest BCUT2D eigenvalue weighted by Crippen LogP contribution is 2.25. The number of hydrogen-bond donors (Lipinski definition) is 0. The Kier molecular flexibility index (Phi) is 3.31. The van der Waals surface area contributed by atoms with E-state index in [-0.39, 0.29) is 0 Å². The molecule has 3 nitrogen and oxygen atoms in total. The van der Waals surface area contributed by atoms with E-state index in [9.17, 15) is 8.78 Å². The number of nitrogens with zero attached hydrogens (tertiary/aromatic N) is 3. The van der Waals surface area contributed by atoms with Gasteiger partial charge < -0.3 is 4.90 Å². The van der Waals surface area contributed by atoms with Gasteiger partial charge in [0.25, 0.3) is 0 Å². The van der Waals surface area contributed by atoms with Crippen LogP contribution in [0.5, 0.6) is 0 Å². The highest BCUT2D eigenvalue weighted by atomic mass is 19.3. The normalized spacial score (nSPS) is 18.1. The van der Waals surface area contributed by atoms with Crippen LogP contribution >= 0.6 is 0 Å². The third-order valence-corrected chi connectivity index (χ3v) is 2.96. The summed E-state index contributed by atoms with van der Waals surface area (Å²) in [6, 6.07) is 0. The highest BCUT2D eigenvalue weighted by Gasteiger charge is 2.26. The Labute approximate surface area is 93.5 Å². The third-order valence-electron chi connectivity index (χ3n) is 2.96. The highest BCUT2D eigenvalue weighted by molar-refractivity contribution is 5.36. The molecule has 16 heavy (non-hydrogen) atoms. The predicted octanol–water partition coefficient (Wildman–Crippen LogP) is 2.27. The lowest BCUT2D eigenvalue weighted by Gasteiger charge is -2.32. The molecule has 0 spiro atoms. The first-order chi connectivity index (χ1) is 7.66. The van der Waals surface area contributed by atoms with E-state index in [2.05, 4.69) is 9.97 Å². The fourth-order valence-corrected chi connectivity index (χ4v) is 1.98. The molecule has 1 aromatic heterocycles. The van der Waals surface area contributed by atoms with Crippen LogP contribution in [-0.4, -0.2) is 29.5 Å². The minimum atomic E-state index is -2.19. The molecule has 0 bridgehead atoms. The van der Waals surface area contributed by atoms with Gasteiger partial charge in [-0.1, -0.05) is 0 Å². The molecule has 0 radical (unpaired) electrons. The van der Waals surface area contributed by atoms with E-state index >= 15 is 0 Å². The lowest BCUT2D eigenvalue weighted by Crippen LogP contribution is -2.36. The number of alkyl halides is 2. The van der Waals surface area contributed by atoms with E-state index in [1.54, 1.807) is 12.4 Å². The molecule has 1 saturated heterocycles. The molecule has 0 aliphatic carbocycles. The van der Waals surface area contributed by atoms with Crippen molar-refractivity contribution in [3.05, 3.63) is 18.1 Å². The molecule has 88 valence electrons. The SMILES string of the molecule is Cc1cncc(N2CCC(C(F)F)CC2)n1. The van der Waals surface area contributed by atoms with Crippen LogP contribution in [0.1, 0.15) is 18.5 Å². The maximum absolute atomic E-state index is 12.5. The summed E-state index contributed by atoms with van der Waals surface area (Å²) in [6.45, 7) is 3.17. The summed E-state index contributed by atoms with van der Waals surface area (Å²) in [6.07, 6.45) is 2.26. The van der Waals surface area contributed by atoms with E-state index < -0.39 is 12.3 Å². The summed E-state index contributed by atoms with van der Waals surface area (Å²) in [5.41, 5.74) is 0.855. The largest absolute Gasteiger partial charge is 0.355 e. The van der Waals surface area contributed by atoms with Gasteiger partial charge in [-0.15, -0.1) is 0 Å². The number of rotatable bonds is 2. The van der Waals surface area contributed by atoms with E-state index in [0.717, 1.165) is 11.5 Å². The van der Waals surface area contributed by atoms with Crippen molar-refractivity contribution in [1.82, 2.24) is 9.97 Å². The molecule has 0 amide bonds. The average molecular weight is 227 g/mol. The smallest absolute Gasteiger partial charge is 0.241 e. The quantitative estimate of drug-likeness (QED) is 0.776. The van der Waals surface area contributed by atoms with Gasteiger partial charge in [0.2, 0.25) is 6.43 Å². The Bertz CT molecular complexity index is 349. The molecule has 2 heterocycles. The van der Waals surface area contributed by atoms with Gasteiger partial charge in [0, 0.05) is 25.2 Å². The van der Waals surface area contributed by atoms with Crippen molar-refractivity contribution in [2.75, 3.05) is 18.0 Å². The van der Waals surface area contributed by atoms with Gasteiger partial charge in [0.05, 0.1) is 11.9 Å². The summed E-state index contributed by atoms with van der Waals surface area (Å²) in [4.78, 5) is 10.4. The van der Waals surface area contributed by atoms with Crippen molar-refractivity contribution in [2.45, 2.75) is 26.2 Å². The number of aromatic nitrogens is 2. The Morgan fingerprint density at radius 3 is 2.56 bits per heavy atom. The molecular weight excluding hydrogens is 212 g/mol. The molecule has 2 rings (SSSR count). The van der Waals surface area contributed by atoms with Crippen molar-refractivity contribution in [1.29, 1.82) is 0 Å². The molecule has 0 saturated carbocycles. The van der Waals surface area contributed by atoms with Gasteiger partial charge in [0.15, 0.2) is 0 Å². The van der Waals surface area contributed by atoms with Crippen molar-refractivity contribution in [2.24, 2.45) is 5.92 Å². The lowest BCUT2D eigenvalue weighted by atomic mass is 9.97. The summed E-state index contributed by atoms with van der Waals surface area (Å²) in [5, 5.41) is 0. The first-order valence-corrected chi connectivity index (χ1v) is 5.48. The number of aryl methyl sites for hydroxylation is 1. The number of hydrogen-bond acceptors (Lipinski definition) is 3. The van der Waals surface area contributed by atoms with Crippen LogP contribution in [0.25, 0.3) is 0 Å². The minimum absolute atomic E-state index is 0.450. The molecule has 1 aromatic rings. The van der Waals surface area contributed by atoms with Crippen LogP contribution in [0.2, 0.25) is 0 Å². The summed E-state index contributed by atoms with van der Waals surface area (Å²) in [5.74, 6) is 0.349. The topological polar surface area (TPSA) is 29.0 Å². The second-order valence-electron chi connectivity index (χ2n) is 4.18. The van der Waals surface area contributed by atoms with E-state index in [1.165, 1.54) is 0 Å². The molecule has 0 atom stereocenters. The summed E-state index contributed by atoms with van der Waals surface area (Å²) in [7, 11) is 0. The maximum Gasteiger partial charge on any atom is 0.241 e. The van der Waals surface area contributed by atoms with Crippen LogP contribution in [0.4, 0.5) is 14.6 Å². The third kappa shape index (κ3) is 2.46. The van der Waals surface area contributed by atoms with Gasteiger partial charge in [-0.05, 0) is 19.8 Å². The van der Waals surface area contributed by atoms with E-state index in [1.807, 2.05) is 11.8 Å². The lowest BCUT2D eigenvalue weighted by molar-refractivity contribution is 0.0635. The molecule has 1 aliphatic heterocycles. The monoisotopic (exact) mass is 227 g/mol. The Balaban J connectivity index is 1.99. The van der Waals surface area contributed by atoms with E-state index in [0.29, 0.717) is 25.9 Å². The van der Waals surface area contributed by atoms with Gasteiger partial charge in [-0.2, -0.15) is 0 Å². The molecule has 0 aromatic carbocycles. The molecule has 0 unspecified atom stereocenters. The van der Waals surface area contributed by atoms with Gasteiger partial charge >= 0.3 is 0 Å².